The summed E-state index contributed by atoms with van der Waals surface area (Å²) in [6.07, 6.45) is 7.62. The number of amidine groups is 1. The first-order valence-electron chi connectivity index (χ1n) is 6.63. The van der Waals surface area contributed by atoms with E-state index >= 15 is 0 Å². The molecule has 0 aromatic heterocycles. The summed E-state index contributed by atoms with van der Waals surface area (Å²) in [5.41, 5.74) is 0. The Morgan fingerprint density at radius 3 is 2.69 bits per heavy atom. The second kappa shape index (κ2) is 5.67. The van der Waals surface area contributed by atoms with Crippen LogP contribution in [0.5, 0.6) is 0 Å². The van der Waals surface area contributed by atoms with Gasteiger partial charge in [-0.2, -0.15) is 0 Å². The van der Waals surface area contributed by atoms with Crippen molar-refractivity contribution in [1.29, 1.82) is 5.41 Å². The lowest BCUT2D eigenvalue weighted by Crippen LogP contribution is -2.43. The van der Waals surface area contributed by atoms with E-state index < -0.39 is 0 Å². The highest BCUT2D eigenvalue weighted by molar-refractivity contribution is 5.82. The third-order valence-electron chi connectivity index (χ3n) is 4.00. The molecule has 0 bridgehead atoms. The number of nitrogens with zero attached hydrogens (tertiary/aromatic N) is 1. The zero-order chi connectivity index (χ0) is 11.4. The molecule has 0 spiro atoms. The molecule has 1 aliphatic heterocycles. The molecule has 1 saturated carbocycles. The summed E-state index contributed by atoms with van der Waals surface area (Å²) in [6.45, 7) is 2.99. The highest BCUT2D eigenvalue weighted by Gasteiger charge is 2.27. The van der Waals surface area contributed by atoms with Gasteiger partial charge in [0.1, 0.15) is 0 Å². The maximum atomic E-state index is 8.29. The maximum absolute atomic E-state index is 8.29. The first kappa shape index (κ1) is 11.9. The fraction of sp³-hybridized carbons (Fsp3) is 0.923. The number of likely N-dealkylation sites (tertiary alicyclic amines) is 1. The molecule has 3 nitrogen and oxygen atoms in total. The number of hydrogen-bond donors (Lipinski definition) is 1. The molecule has 1 unspecified atom stereocenters. The fourth-order valence-corrected chi connectivity index (χ4v) is 3.11. The van der Waals surface area contributed by atoms with Crippen LogP contribution in [0.15, 0.2) is 0 Å². The molecule has 0 aromatic rings. The summed E-state index contributed by atoms with van der Waals surface area (Å²) in [6, 6.07) is 0. The van der Waals surface area contributed by atoms with Crippen LogP contribution in [0.4, 0.5) is 0 Å². The van der Waals surface area contributed by atoms with Crippen LogP contribution in [0.1, 0.15) is 38.5 Å². The molecule has 0 radical (unpaired) electrons. The third-order valence-corrected chi connectivity index (χ3v) is 4.00. The van der Waals surface area contributed by atoms with Gasteiger partial charge in [-0.05, 0) is 31.6 Å². The van der Waals surface area contributed by atoms with Crippen molar-refractivity contribution >= 4 is 5.84 Å². The van der Waals surface area contributed by atoms with Crippen LogP contribution in [-0.2, 0) is 4.74 Å². The Kier molecular flexibility index (Phi) is 4.22. The Balaban J connectivity index is 1.85. The molecule has 16 heavy (non-hydrogen) atoms. The number of ether oxygens (including phenoxy) is 1. The lowest BCUT2D eigenvalue weighted by atomic mass is 9.96. The molecule has 1 atom stereocenters. The number of nitrogens with one attached hydrogen (secondary N) is 1. The minimum absolute atomic E-state index is 0.557. The smallest absolute Gasteiger partial charge is 0.0989 e. The quantitative estimate of drug-likeness (QED) is 0.590. The molecule has 1 saturated heterocycles. The zero-order valence-corrected chi connectivity index (χ0v) is 10.4. The zero-order valence-electron chi connectivity index (χ0n) is 10.4. The molecule has 1 aliphatic carbocycles. The summed E-state index contributed by atoms with van der Waals surface area (Å²) in [7, 11) is 1.78. The van der Waals surface area contributed by atoms with E-state index in [1.165, 1.54) is 38.5 Å². The molecule has 0 aromatic carbocycles. The van der Waals surface area contributed by atoms with Gasteiger partial charge < -0.3 is 9.64 Å². The second-order valence-corrected chi connectivity index (χ2v) is 5.28. The number of rotatable bonds is 3. The Labute approximate surface area is 98.7 Å². The lowest BCUT2D eigenvalue weighted by molar-refractivity contribution is 0.113. The van der Waals surface area contributed by atoms with Gasteiger partial charge in [-0.15, -0.1) is 0 Å². The highest BCUT2D eigenvalue weighted by atomic mass is 16.5. The van der Waals surface area contributed by atoms with Crippen molar-refractivity contribution < 1.29 is 4.74 Å². The fourth-order valence-electron chi connectivity index (χ4n) is 3.11. The van der Waals surface area contributed by atoms with E-state index in [0.717, 1.165) is 25.5 Å². The predicted molar refractivity (Wildman–Crippen MR) is 65.9 cm³/mol. The minimum Gasteiger partial charge on any atom is -0.384 e. The maximum Gasteiger partial charge on any atom is 0.0989 e. The van der Waals surface area contributed by atoms with Crippen LogP contribution < -0.4 is 0 Å². The van der Waals surface area contributed by atoms with E-state index in [9.17, 15) is 0 Å². The second-order valence-electron chi connectivity index (χ2n) is 5.28. The molecule has 2 fully saturated rings. The van der Waals surface area contributed by atoms with Crippen molar-refractivity contribution in [1.82, 2.24) is 4.90 Å². The average molecular weight is 224 g/mol. The summed E-state index contributed by atoms with van der Waals surface area (Å²) < 4.78 is 5.24. The monoisotopic (exact) mass is 224 g/mol. The standard InChI is InChI=1S/C13H24N2O/c1-16-10-11-5-4-8-15(9-11)13(14)12-6-2-3-7-12/h11-12,14H,2-10H2,1H3. The van der Waals surface area contributed by atoms with Gasteiger partial charge in [-0.25, -0.2) is 0 Å². The van der Waals surface area contributed by atoms with E-state index in [2.05, 4.69) is 4.90 Å². The lowest BCUT2D eigenvalue weighted by Gasteiger charge is -2.36. The van der Waals surface area contributed by atoms with Crippen LogP contribution in [0.2, 0.25) is 0 Å². The molecule has 92 valence electrons. The largest absolute Gasteiger partial charge is 0.384 e. The Morgan fingerprint density at radius 1 is 1.25 bits per heavy atom. The molecule has 2 rings (SSSR count). The predicted octanol–water partition coefficient (Wildman–Crippen LogP) is 2.51. The van der Waals surface area contributed by atoms with Crippen molar-refractivity contribution in [2.45, 2.75) is 38.5 Å². The molecule has 1 N–H and O–H groups in total. The Hall–Kier alpha value is -0.570. The first-order chi connectivity index (χ1) is 7.81. The van der Waals surface area contributed by atoms with Gasteiger partial charge in [0.25, 0.3) is 0 Å². The molecule has 3 heteroatoms. The van der Waals surface area contributed by atoms with Crippen molar-refractivity contribution in [2.24, 2.45) is 11.8 Å². The summed E-state index contributed by atoms with van der Waals surface area (Å²) in [5, 5.41) is 8.29. The van der Waals surface area contributed by atoms with Crippen LogP contribution >= 0.6 is 0 Å². The van der Waals surface area contributed by atoms with Crippen LogP contribution in [-0.4, -0.2) is 37.5 Å². The van der Waals surface area contributed by atoms with E-state index in [-0.39, 0.29) is 0 Å². The van der Waals surface area contributed by atoms with Gasteiger partial charge in [-0.3, -0.25) is 5.41 Å². The molecular formula is C13H24N2O. The summed E-state index contributed by atoms with van der Waals surface area (Å²) >= 11 is 0. The van der Waals surface area contributed by atoms with E-state index in [4.69, 9.17) is 10.1 Å². The van der Waals surface area contributed by atoms with Gasteiger partial charge in [0, 0.05) is 26.1 Å². The topological polar surface area (TPSA) is 36.3 Å². The van der Waals surface area contributed by atoms with Crippen molar-refractivity contribution in [2.75, 3.05) is 26.8 Å². The van der Waals surface area contributed by atoms with Crippen LogP contribution in [0, 0.1) is 17.2 Å². The summed E-state index contributed by atoms with van der Waals surface area (Å²) in [5.74, 6) is 2.11. The van der Waals surface area contributed by atoms with Crippen molar-refractivity contribution in [3.63, 3.8) is 0 Å². The molecule has 0 amide bonds. The molecule has 2 aliphatic rings. The van der Waals surface area contributed by atoms with Crippen molar-refractivity contribution in [3.05, 3.63) is 0 Å². The molecular weight excluding hydrogens is 200 g/mol. The highest BCUT2D eigenvalue weighted by Crippen LogP contribution is 2.28. The normalized spacial score (nSPS) is 27.3. The van der Waals surface area contributed by atoms with Gasteiger partial charge in [-0.1, -0.05) is 12.8 Å². The average Bonchev–Trinajstić information content (AvgIpc) is 2.82. The minimum atomic E-state index is 0.557. The van der Waals surface area contributed by atoms with Gasteiger partial charge in [0.05, 0.1) is 12.4 Å². The van der Waals surface area contributed by atoms with Crippen molar-refractivity contribution in [3.8, 4) is 0 Å². The number of methoxy groups -OCH3 is 1. The number of hydrogen-bond acceptors (Lipinski definition) is 2. The summed E-state index contributed by atoms with van der Waals surface area (Å²) in [4.78, 5) is 2.31. The van der Waals surface area contributed by atoms with Crippen LogP contribution in [0.25, 0.3) is 0 Å². The molecule has 1 heterocycles. The van der Waals surface area contributed by atoms with E-state index in [1.54, 1.807) is 7.11 Å². The third kappa shape index (κ3) is 2.76. The first-order valence-corrected chi connectivity index (χ1v) is 6.63. The number of piperidine rings is 1. The SMILES string of the molecule is COCC1CCCN(C(=N)C2CCCC2)C1. The van der Waals surface area contributed by atoms with E-state index in [1.807, 2.05) is 0 Å². The van der Waals surface area contributed by atoms with E-state index in [0.29, 0.717) is 11.8 Å². The Bertz CT molecular complexity index is 234. The van der Waals surface area contributed by atoms with Gasteiger partial charge in [0.15, 0.2) is 0 Å². The van der Waals surface area contributed by atoms with Gasteiger partial charge >= 0.3 is 0 Å². The van der Waals surface area contributed by atoms with Gasteiger partial charge in [0.2, 0.25) is 0 Å². The van der Waals surface area contributed by atoms with Crippen LogP contribution in [0.3, 0.4) is 0 Å². The Morgan fingerprint density at radius 2 is 2.00 bits per heavy atom.